The maximum absolute atomic E-state index is 12.5. The maximum atomic E-state index is 12.5. The van der Waals surface area contributed by atoms with Crippen LogP contribution >= 0.6 is 11.6 Å². The molecule has 1 rings (SSSR count). The van der Waals surface area contributed by atoms with E-state index in [9.17, 15) is 4.39 Å². The van der Waals surface area contributed by atoms with Gasteiger partial charge in [-0.05, 0) is 30.5 Å². The number of halogens is 2. The zero-order chi connectivity index (χ0) is 9.68. The SMILES string of the molecule is OC(CCl)CCc1ccc(F)cc1. The van der Waals surface area contributed by atoms with Gasteiger partial charge in [0.2, 0.25) is 0 Å². The van der Waals surface area contributed by atoms with E-state index in [-0.39, 0.29) is 11.7 Å². The summed E-state index contributed by atoms with van der Waals surface area (Å²) < 4.78 is 12.5. The Balaban J connectivity index is 2.41. The molecule has 3 heteroatoms. The van der Waals surface area contributed by atoms with Crippen molar-refractivity contribution in [2.45, 2.75) is 18.9 Å². The molecule has 13 heavy (non-hydrogen) atoms. The van der Waals surface area contributed by atoms with Gasteiger partial charge in [-0.2, -0.15) is 0 Å². The number of hydrogen-bond acceptors (Lipinski definition) is 1. The van der Waals surface area contributed by atoms with Crippen LogP contribution in [0.2, 0.25) is 0 Å². The minimum Gasteiger partial charge on any atom is -0.392 e. The second-order valence-corrected chi connectivity index (χ2v) is 3.28. The molecule has 0 amide bonds. The summed E-state index contributed by atoms with van der Waals surface area (Å²) in [6, 6.07) is 6.28. The predicted octanol–water partition coefficient (Wildman–Crippen LogP) is 2.36. The molecule has 0 saturated carbocycles. The van der Waals surface area contributed by atoms with Gasteiger partial charge in [0, 0.05) is 5.88 Å². The zero-order valence-corrected chi connectivity index (χ0v) is 7.97. The summed E-state index contributed by atoms with van der Waals surface area (Å²) in [7, 11) is 0. The highest BCUT2D eigenvalue weighted by Crippen LogP contribution is 2.07. The Kier molecular flexibility index (Phi) is 4.19. The molecule has 72 valence electrons. The Bertz CT molecular complexity index is 248. The first kappa shape index (κ1) is 10.5. The standard InChI is InChI=1S/C10H12ClFO/c11-7-10(13)6-3-8-1-4-9(12)5-2-8/h1-2,4-5,10,13H,3,6-7H2. The van der Waals surface area contributed by atoms with Gasteiger partial charge >= 0.3 is 0 Å². The van der Waals surface area contributed by atoms with Crippen LogP contribution in [0.25, 0.3) is 0 Å². The molecule has 0 bridgehead atoms. The second kappa shape index (κ2) is 5.20. The Morgan fingerprint density at radius 2 is 1.92 bits per heavy atom. The minimum absolute atomic E-state index is 0.235. The monoisotopic (exact) mass is 202 g/mol. The topological polar surface area (TPSA) is 20.2 Å². The lowest BCUT2D eigenvalue weighted by Gasteiger charge is -2.05. The summed E-state index contributed by atoms with van der Waals surface area (Å²) in [6.45, 7) is 0. The Morgan fingerprint density at radius 1 is 1.31 bits per heavy atom. The molecule has 0 aliphatic heterocycles. The van der Waals surface area contributed by atoms with E-state index in [1.54, 1.807) is 12.1 Å². The van der Waals surface area contributed by atoms with Crippen LogP contribution in [0.3, 0.4) is 0 Å². The van der Waals surface area contributed by atoms with Gasteiger partial charge in [-0.3, -0.25) is 0 Å². The average Bonchev–Trinajstić information content (AvgIpc) is 2.16. The van der Waals surface area contributed by atoms with Crippen molar-refractivity contribution in [3.05, 3.63) is 35.6 Å². The highest BCUT2D eigenvalue weighted by molar-refractivity contribution is 6.18. The normalized spacial score (nSPS) is 12.8. The Labute approximate surface area is 82.2 Å². The number of aliphatic hydroxyl groups excluding tert-OH is 1. The third-order valence-electron chi connectivity index (χ3n) is 1.86. The third kappa shape index (κ3) is 3.75. The molecule has 0 spiro atoms. The van der Waals surface area contributed by atoms with Crippen LogP contribution < -0.4 is 0 Å². The largest absolute Gasteiger partial charge is 0.392 e. The first-order chi connectivity index (χ1) is 6.22. The van der Waals surface area contributed by atoms with E-state index in [1.165, 1.54) is 12.1 Å². The Morgan fingerprint density at radius 3 is 2.46 bits per heavy atom. The van der Waals surface area contributed by atoms with Crippen molar-refractivity contribution in [3.63, 3.8) is 0 Å². The first-order valence-corrected chi connectivity index (χ1v) is 4.74. The number of hydrogen-bond donors (Lipinski definition) is 1. The molecule has 1 aromatic rings. The van der Waals surface area contributed by atoms with E-state index < -0.39 is 6.10 Å². The van der Waals surface area contributed by atoms with Crippen molar-refractivity contribution in [2.75, 3.05) is 5.88 Å². The second-order valence-electron chi connectivity index (χ2n) is 2.97. The molecule has 1 aromatic carbocycles. The fourth-order valence-electron chi connectivity index (χ4n) is 1.06. The quantitative estimate of drug-likeness (QED) is 0.744. The molecule has 0 radical (unpaired) electrons. The van der Waals surface area contributed by atoms with Crippen LogP contribution in [0.4, 0.5) is 4.39 Å². The lowest BCUT2D eigenvalue weighted by molar-refractivity contribution is 0.188. The fourth-order valence-corrected chi connectivity index (χ4v) is 1.22. The van der Waals surface area contributed by atoms with Gasteiger partial charge in [-0.15, -0.1) is 11.6 Å². The highest BCUT2D eigenvalue weighted by Gasteiger charge is 2.02. The molecular formula is C10H12ClFO. The number of alkyl halides is 1. The molecule has 0 saturated heterocycles. The summed E-state index contributed by atoms with van der Waals surface area (Å²) in [5.41, 5.74) is 1.02. The van der Waals surface area contributed by atoms with E-state index in [4.69, 9.17) is 16.7 Å². The smallest absolute Gasteiger partial charge is 0.123 e. The average molecular weight is 203 g/mol. The van der Waals surface area contributed by atoms with Gasteiger partial charge in [0.05, 0.1) is 6.10 Å². The molecule has 1 nitrogen and oxygen atoms in total. The lowest BCUT2D eigenvalue weighted by atomic mass is 10.1. The lowest BCUT2D eigenvalue weighted by Crippen LogP contribution is -2.09. The van der Waals surface area contributed by atoms with Crippen LogP contribution in [0.15, 0.2) is 24.3 Å². The van der Waals surface area contributed by atoms with Gasteiger partial charge in [0.1, 0.15) is 5.82 Å². The minimum atomic E-state index is -0.466. The number of benzene rings is 1. The third-order valence-corrected chi connectivity index (χ3v) is 2.21. The summed E-state index contributed by atoms with van der Waals surface area (Å²) in [5, 5.41) is 9.17. The summed E-state index contributed by atoms with van der Waals surface area (Å²) in [6.07, 6.45) is 0.884. The molecule has 1 unspecified atom stereocenters. The number of rotatable bonds is 4. The Hall–Kier alpha value is -0.600. The molecule has 0 fully saturated rings. The van der Waals surface area contributed by atoms with Crippen molar-refractivity contribution in [3.8, 4) is 0 Å². The van der Waals surface area contributed by atoms with Gasteiger partial charge in [0.15, 0.2) is 0 Å². The van der Waals surface area contributed by atoms with Gasteiger partial charge < -0.3 is 5.11 Å². The number of aryl methyl sites for hydroxylation is 1. The highest BCUT2D eigenvalue weighted by atomic mass is 35.5. The van der Waals surface area contributed by atoms with E-state index in [0.717, 1.165) is 12.0 Å². The van der Waals surface area contributed by atoms with Crippen LogP contribution in [-0.2, 0) is 6.42 Å². The van der Waals surface area contributed by atoms with Crippen molar-refractivity contribution < 1.29 is 9.50 Å². The van der Waals surface area contributed by atoms with E-state index in [2.05, 4.69) is 0 Å². The van der Waals surface area contributed by atoms with E-state index in [1.807, 2.05) is 0 Å². The molecule has 0 aromatic heterocycles. The summed E-state index contributed by atoms with van der Waals surface area (Å²) >= 11 is 5.43. The van der Waals surface area contributed by atoms with Crippen molar-refractivity contribution in [1.29, 1.82) is 0 Å². The van der Waals surface area contributed by atoms with Crippen LogP contribution in [-0.4, -0.2) is 17.1 Å². The van der Waals surface area contributed by atoms with Crippen molar-refractivity contribution in [1.82, 2.24) is 0 Å². The summed E-state index contributed by atoms with van der Waals surface area (Å²) in [4.78, 5) is 0. The zero-order valence-electron chi connectivity index (χ0n) is 7.21. The number of aliphatic hydroxyl groups is 1. The van der Waals surface area contributed by atoms with E-state index >= 15 is 0 Å². The van der Waals surface area contributed by atoms with Crippen LogP contribution in [0, 0.1) is 5.82 Å². The molecular weight excluding hydrogens is 191 g/mol. The predicted molar refractivity (Wildman–Crippen MR) is 51.4 cm³/mol. The first-order valence-electron chi connectivity index (χ1n) is 4.21. The van der Waals surface area contributed by atoms with Crippen LogP contribution in [0.5, 0.6) is 0 Å². The summed E-state index contributed by atoms with van der Waals surface area (Å²) in [5.74, 6) is 0.0166. The van der Waals surface area contributed by atoms with Crippen LogP contribution in [0.1, 0.15) is 12.0 Å². The molecule has 0 heterocycles. The van der Waals surface area contributed by atoms with Gasteiger partial charge in [-0.25, -0.2) is 4.39 Å². The molecule has 1 atom stereocenters. The van der Waals surface area contributed by atoms with Gasteiger partial charge in [0.25, 0.3) is 0 Å². The van der Waals surface area contributed by atoms with Gasteiger partial charge in [-0.1, -0.05) is 12.1 Å². The molecule has 0 aliphatic carbocycles. The fraction of sp³-hybridized carbons (Fsp3) is 0.400. The van der Waals surface area contributed by atoms with Crippen molar-refractivity contribution in [2.24, 2.45) is 0 Å². The molecule has 0 aliphatic rings. The van der Waals surface area contributed by atoms with Crippen molar-refractivity contribution >= 4 is 11.6 Å². The van der Waals surface area contributed by atoms with E-state index in [0.29, 0.717) is 6.42 Å². The maximum Gasteiger partial charge on any atom is 0.123 e. The molecule has 1 N–H and O–H groups in total.